The maximum absolute atomic E-state index is 14.0. The van der Waals surface area contributed by atoms with Crippen molar-refractivity contribution in [3.63, 3.8) is 0 Å². The van der Waals surface area contributed by atoms with Gasteiger partial charge in [0, 0.05) is 37.2 Å². The van der Waals surface area contributed by atoms with Crippen LogP contribution in [-0.2, 0) is 24.3 Å². The van der Waals surface area contributed by atoms with E-state index in [-0.39, 0.29) is 23.8 Å². The zero-order valence-corrected chi connectivity index (χ0v) is 22.4. The summed E-state index contributed by atoms with van der Waals surface area (Å²) in [6.07, 6.45) is 1.15. The number of likely N-dealkylation sites (tertiary alicyclic amines) is 1. The maximum atomic E-state index is 14.0. The standard InChI is InChI=1S/C30H35ClFN3O2/c1-20-21(2)29(37-3)12-11-24(20)17-34-26-16-28(35(19-26)18-22-7-6-9-25(31)15-22)30(36)33-14-13-23-8-4-5-10-27(23)32/h4-12,15,26,28,34H,13-14,16-19H2,1-3H3,(H,33,36). The predicted octanol–water partition coefficient (Wildman–Crippen LogP) is 5.20. The molecule has 3 aromatic carbocycles. The number of hydrogen-bond acceptors (Lipinski definition) is 4. The van der Waals surface area contributed by atoms with Gasteiger partial charge in [-0.1, -0.05) is 48.0 Å². The number of amides is 1. The molecule has 7 heteroatoms. The van der Waals surface area contributed by atoms with Gasteiger partial charge in [0.1, 0.15) is 11.6 Å². The minimum Gasteiger partial charge on any atom is -0.496 e. The largest absolute Gasteiger partial charge is 0.496 e. The van der Waals surface area contributed by atoms with Crippen molar-refractivity contribution in [1.29, 1.82) is 0 Å². The van der Waals surface area contributed by atoms with Crippen molar-refractivity contribution in [3.8, 4) is 5.75 Å². The number of halogens is 2. The van der Waals surface area contributed by atoms with Gasteiger partial charge < -0.3 is 15.4 Å². The molecule has 2 atom stereocenters. The Hall–Kier alpha value is -2.93. The van der Waals surface area contributed by atoms with Crippen LogP contribution in [0.4, 0.5) is 4.39 Å². The third kappa shape index (κ3) is 6.89. The van der Waals surface area contributed by atoms with Crippen LogP contribution in [0.5, 0.6) is 5.75 Å². The Morgan fingerprint density at radius 1 is 1.08 bits per heavy atom. The Kier molecular flexibility index (Phi) is 9.19. The number of nitrogens with zero attached hydrogens (tertiary/aromatic N) is 1. The number of carbonyl (C=O) groups excluding carboxylic acids is 1. The summed E-state index contributed by atoms with van der Waals surface area (Å²) >= 11 is 6.21. The number of benzene rings is 3. The van der Waals surface area contributed by atoms with Crippen molar-refractivity contribution in [2.45, 2.75) is 51.9 Å². The maximum Gasteiger partial charge on any atom is 0.237 e. The number of hydrogen-bond donors (Lipinski definition) is 2. The molecule has 1 aliphatic heterocycles. The van der Waals surface area contributed by atoms with Crippen LogP contribution in [0.25, 0.3) is 0 Å². The van der Waals surface area contributed by atoms with Crippen LogP contribution < -0.4 is 15.4 Å². The first-order valence-electron chi connectivity index (χ1n) is 12.7. The van der Waals surface area contributed by atoms with Crippen LogP contribution >= 0.6 is 11.6 Å². The van der Waals surface area contributed by atoms with E-state index < -0.39 is 0 Å². The van der Waals surface area contributed by atoms with Crippen molar-refractivity contribution in [2.75, 3.05) is 20.2 Å². The Labute approximate surface area is 224 Å². The monoisotopic (exact) mass is 523 g/mol. The van der Waals surface area contributed by atoms with Crippen LogP contribution in [0.1, 0.15) is 34.2 Å². The Morgan fingerprint density at radius 2 is 1.89 bits per heavy atom. The molecule has 2 unspecified atom stereocenters. The van der Waals surface area contributed by atoms with Gasteiger partial charge in [-0.2, -0.15) is 0 Å². The van der Waals surface area contributed by atoms with E-state index in [2.05, 4.69) is 35.4 Å². The van der Waals surface area contributed by atoms with Gasteiger partial charge in [-0.05, 0) is 78.8 Å². The van der Waals surface area contributed by atoms with E-state index in [0.29, 0.717) is 43.1 Å². The molecule has 0 saturated carbocycles. The molecule has 1 heterocycles. The topological polar surface area (TPSA) is 53.6 Å². The van der Waals surface area contributed by atoms with Gasteiger partial charge in [-0.25, -0.2) is 4.39 Å². The van der Waals surface area contributed by atoms with Gasteiger partial charge in [0.15, 0.2) is 0 Å². The molecule has 1 fully saturated rings. The number of methoxy groups -OCH3 is 1. The van der Waals surface area contributed by atoms with E-state index in [0.717, 1.165) is 23.4 Å². The fourth-order valence-electron chi connectivity index (χ4n) is 5.03. The fraction of sp³-hybridized carbons (Fsp3) is 0.367. The molecule has 0 aromatic heterocycles. The molecule has 1 saturated heterocycles. The lowest BCUT2D eigenvalue weighted by Crippen LogP contribution is -2.43. The summed E-state index contributed by atoms with van der Waals surface area (Å²) in [5.74, 6) is 0.620. The van der Waals surface area contributed by atoms with Gasteiger partial charge in [-0.3, -0.25) is 9.69 Å². The number of ether oxygens (including phenoxy) is 1. The molecule has 1 amide bonds. The lowest BCUT2D eigenvalue weighted by Gasteiger charge is -2.23. The van der Waals surface area contributed by atoms with Crippen molar-refractivity contribution >= 4 is 17.5 Å². The van der Waals surface area contributed by atoms with E-state index in [4.69, 9.17) is 16.3 Å². The summed E-state index contributed by atoms with van der Waals surface area (Å²) < 4.78 is 19.4. The highest BCUT2D eigenvalue weighted by molar-refractivity contribution is 6.30. The van der Waals surface area contributed by atoms with E-state index in [1.807, 2.05) is 36.4 Å². The third-order valence-corrected chi connectivity index (χ3v) is 7.52. The predicted molar refractivity (Wildman–Crippen MR) is 146 cm³/mol. The smallest absolute Gasteiger partial charge is 0.237 e. The molecule has 0 aliphatic carbocycles. The molecule has 0 radical (unpaired) electrons. The summed E-state index contributed by atoms with van der Waals surface area (Å²) in [5.41, 5.74) is 5.25. The molecule has 0 spiro atoms. The number of rotatable bonds is 10. The first kappa shape index (κ1) is 27.1. The third-order valence-electron chi connectivity index (χ3n) is 7.28. The van der Waals surface area contributed by atoms with E-state index in [1.165, 1.54) is 17.2 Å². The van der Waals surface area contributed by atoms with Gasteiger partial charge in [0.25, 0.3) is 0 Å². The molecular formula is C30H35ClFN3O2. The average molecular weight is 524 g/mol. The summed E-state index contributed by atoms with van der Waals surface area (Å²) in [7, 11) is 1.69. The minimum absolute atomic E-state index is 0.0286. The zero-order valence-electron chi connectivity index (χ0n) is 21.7. The summed E-state index contributed by atoms with van der Waals surface area (Å²) in [4.78, 5) is 15.5. The minimum atomic E-state index is -0.282. The number of carbonyl (C=O) groups is 1. The van der Waals surface area contributed by atoms with Crippen LogP contribution in [0.2, 0.25) is 5.02 Å². The molecule has 3 aromatic rings. The SMILES string of the molecule is COc1ccc(CNC2CC(C(=O)NCCc3ccccc3F)N(Cc3cccc(Cl)c3)C2)c(C)c1C. The quantitative estimate of drug-likeness (QED) is 0.384. The Bertz CT molecular complexity index is 1240. The van der Waals surface area contributed by atoms with Crippen LogP contribution in [0, 0.1) is 19.7 Å². The highest BCUT2D eigenvalue weighted by Crippen LogP contribution is 2.26. The highest BCUT2D eigenvalue weighted by Gasteiger charge is 2.36. The fourth-order valence-corrected chi connectivity index (χ4v) is 5.24. The van der Waals surface area contributed by atoms with Gasteiger partial charge in [0.05, 0.1) is 13.2 Å². The first-order chi connectivity index (χ1) is 17.9. The van der Waals surface area contributed by atoms with Crippen molar-refractivity contribution in [2.24, 2.45) is 0 Å². The van der Waals surface area contributed by atoms with Gasteiger partial charge >= 0.3 is 0 Å². The van der Waals surface area contributed by atoms with Crippen LogP contribution in [0.3, 0.4) is 0 Å². The molecule has 2 N–H and O–H groups in total. The lowest BCUT2D eigenvalue weighted by atomic mass is 10.0. The summed E-state index contributed by atoms with van der Waals surface area (Å²) in [6, 6.07) is 18.4. The second kappa shape index (κ2) is 12.5. The Morgan fingerprint density at radius 3 is 2.65 bits per heavy atom. The van der Waals surface area contributed by atoms with E-state index >= 15 is 0 Å². The van der Waals surface area contributed by atoms with Gasteiger partial charge in [0.2, 0.25) is 5.91 Å². The molecule has 37 heavy (non-hydrogen) atoms. The van der Waals surface area contributed by atoms with Crippen molar-refractivity contribution in [3.05, 3.63) is 99.3 Å². The zero-order chi connectivity index (χ0) is 26.4. The number of nitrogens with one attached hydrogen (secondary N) is 2. The van der Waals surface area contributed by atoms with E-state index in [9.17, 15) is 9.18 Å². The molecule has 0 bridgehead atoms. The molecule has 4 rings (SSSR count). The van der Waals surface area contributed by atoms with Crippen LogP contribution in [0.15, 0.2) is 60.7 Å². The molecule has 196 valence electrons. The van der Waals surface area contributed by atoms with Crippen molar-refractivity contribution < 1.29 is 13.9 Å². The normalized spacial score (nSPS) is 17.6. The van der Waals surface area contributed by atoms with Crippen molar-refractivity contribution in [1.82, 2.24) is 15.5 Å². The second-order valence-electron chi connectivity index (χ2n) is 9.70. The first-order valence-corrected chi connectivity index (χ1v) is 13.1. The van der Waals surface area contributed by atoms with Crippen LogP contribution in [-0.4, -0.2) is 43.1 Å². The Balaban J connectivity index is 1.42. The molecule has 1 aliphatic rings. The molecule has 5 nitrogen and oxygen atoms in total. The summed E-state index contributed by atoms with van der Waals surface area (Å²) in [6.45, 7) is 6.66. The second-order valence-corrected chi connectivity index (χ2v) is 10.1. The summed E-state index contributed by atoms with van der Waals surface area (Å²) in [5, 5.41) is 7.39. The average Bonchev–Trinajstić information content (AvgIpc) is 3.28. The lowest BCUT2D eigenvalue weighted by molar-refractivity contribution is -0.125. The van der Waals surface area contributed by atoms with Gasteiger partial charge in [-0.15, -0.1) is 0 Å². The highest BCUT2D eigenvalue weighted by atomic mass is 35.5. The molecular weight excluding hydrogens is 489 g/mol. The van der Waals surface area contributed by atoms with E-state index in [1.54, 1.807) is 19.2 Å².